The van der Waals surface area contributed by atoms with Crippen molar-refractivity contribution in [3.8, 4) is 0 Å². The van der Waals surface area contributed by atoms with E-state index in [0.717, 1.165) is 23.1 Å². The summed E-state index contributed by atoms with van der Waals surface area (Å²) < 4.78 is 1.93. The average molecular weight is 247 g/mol. The number of nitrogens with one attached hydrogen (secondary N) is 1. The molecule has 5 nitrogen and oxygen atoms in total. The Labute approximate surface area is 105 Å². The second-order valence-corrected chi connectivity index (χ2v) is 4.22. The number of aliphatic carboxylic acids is 1. The fourth-order valence-corrected chi connectivity index (χ4v) is 1.90. The van der Waals surface area contributed by atoms with E-state index in [2.05, 4.69) is 10.4 Å². The number of carboxylic acids is 1. The highest BCUT2D eigenvalue weighted by atomic mass is 16.4. The van der Waals surface area contributed by atoms with Crippen molar-refractivity contribution < 1.29 is 9.90 Å². The molecule has 0 fully saturated rings. The van der Waals surface area contributed by atoms with Gasteiger partial charge in [0.05, 0.1) is 11.2 Å². The average Bonchev–Trinajstić information content (AvgIpc) is 2.74. The molecule has 0 aliphatic rings. The van der Waals surface area contributed by atoms with Crippen LogP contribution >= 0.6 is 0 Å². The molecule has 2 N–H and O–H groups in total. The molecule has 96 valence electrons. The first-order valence-corrected chi connectivity index (χ1v) is 6.04. The Bertz CT molecular complexity index is 562. The molecule has 5 heteroatoms. The number of rotatable bonds is 5. The summed E-state index contributed by atoms with van der Waals surface area (Å²) in [4.78, 5) is 10.8. The topological polar surface area (TPSA) is 67.2 Å². The monoisotopic (exact) mass is 247 g/mol. The smallest absolute Gasteiger partial charge is 0.320 e. The van der Waals surface area contributed by atoms with E-state index in [-0.39, 0.29) is 0 Å². The fourth-order valence-electron chi connectivity index (χ4n) is 1.90. The zero-order valence-electron chi connectivity index (χ0n) is 10.6. The molecule has 0 amide bonds. The van der Waals surface area contributed by atoms with Gasteiger partial charge in [0.1, 0.15) is 6.04 Å². The number of para-hydroxylation sites is 1. The predicted octanol–water partition coefficient (Wildman–Crippen LogP) is 1.62. The number of fused-ring (bicyclic) bond motifs is 1. The SMILES string of the molecule is CCn1nc(CNC(C)C(=O)O)c2ccccc21. The lowest BCUT2D eigenvalue weighted by Crippen LogP contribution is -2.33. The van der Waals surface area contributed by atoms with Crippen molar-refractivity contribution in [2.24, 2.45) is 0 Å². The van der Waals surface area contributed by atoms with Crippen molar-refractivity contribution in [1.82, 2.24) is 15.1 Å². The second-order valence-electron chi connectivity index (χ2n) is 4.22. The number of hydrogen-bond acceptors (Lipinski definition) is 3. The standard InChI is InChI=1S/C13H17N3O2/c1-3-16-12-7-5-4-6-10(12)11(15-16)8-14-9(2)13(17)18/h4-7,9,14H,3,8H2,1-2H3,(H,17,18). The van der Waals surface area contributed by atoms with Gasteiger partial charge in [0.2, 0.25) is 0 Å². The normalized spacial score (nSPS) is 12.8. The van der Waals surface area contributed by atoms with Crippen molar-refractivity contribution >= 4 is 16.9 Å². The highest BCUT2D eigenvalue weighted by molar-refractivity contribution is 5.82. The van der Waals surface area contributed by atoms with Gasteiger partial charge in [-0.2, -0.15) is 5.10 Å². The van der Waals surface area contributed by atoms with Crippen LogP contribution in [0.3, 0.4) is 0 Å². The third kappa shape index (κ3) is 2.36. The van der Waals surface area contributed by atoms with Gasteiger partial charge in [0.25, 0.3) is 0 Å². The van der Waals surface area contributed by atoms with Gasteiger partial charge in [-0.05, 0) is 19.9 Å². The number of aromatic nitrogens is 2. The fraction of sp³-hybridized carbons (Fsp3) is 0.385. The molecule has 1 heterocycles. The van der Waals surface area contributed by atoms with Gasteiger partial charge >= 0.3 is 5.97 Å². The van der Waals surface area contributed by atoms with E-state index in [1.165, 1.54) is 0 Å². The molecular formula is C13H17N3O2. The third-order valence-corrected chi connectivity index (χ3v) is 2.98. The van der Waals surface area contributed by atoms with Gasteiger partial charge in [-0.1, -0.05) is 18.2 Å². The summed E-state index contributed by atoms with van der Waals surface area (Å²) in [6, 6.07) is 7.41. The number of carboxylic acid groups (broad SMARTS) is 1. The maximum Gasteiger partial charge on any atom is 0.320 e. The van der Waals surface area contributed by atoms with Crippen LogP contribution in [0.2, 0.25) is 0 Å². The lowest BCUT2D eigenvalue weighted by atomic mass is 10.2. The van der Waals surface area contributed by atoms with Crippen LogP contribution in [0.15, 0.2) is 24.3 Å². The minimum atomic E-state index is -0.853. The predicted molar refractivity (Wildman–Crippen MR) is 69.3 cm³/mol. The van der Waals surface area contributed by atoms with Gasteiger partial charge in [0.15, 0.2) is 0 Å². The van der Waals surface area contributed by atoms with E-state index in [1.54, 1.807) is 6.92 Å². The van der Waals surface area contributed by atoms with Gasteiger partial charge in [-0.3, -0.25) is 14.8 Å². The van der Waals surface area contributed by atoms with E-state index in [0.29, 0.717) is 6.54 Å². The first-order valence-electron chi connectivity index (χ1n) is 6.04. The minimum Gasteiger partial charge on any atom is -0.480 e. The van der Waals surface area contributed by atoms with Crippen LogP contribution in [-0.4, -0.2) is 26.9 Å². The third-order valence-electron chi connectivity index (χ3n) is 2.98. The van der Waals surface area contributed by atoms with E-state index in [4.69, 9.17) is 5.11 Å². The van der Waals surface area contributed by atoms with Crippen LogP contribution in [0, 0.1) is 0 Å². The molecule has 0 aliphatic carbocycles. The molecule has 1 atom stereocenters. The summed E-state index contributed by atoms with van der Waals surface area (Å²) in [5, 5.41) is 17.4. The highest BCUT2D eigenvalue weighted by Crippen LogP contribution is 2.18. The molecule has 0 radical (unpaired) electrons. The number of benzene rings is 1. The molecule has 1 aromatic carbocycles. The Hall–Kier alpha value is -1.88. The van der Waals surface area contributed by atoms with Crippen molar-refractivity contribution in [1.29, 1.82) is 0 Å². The molecule has 1 unspecified atom stereocenters. The van der Waals surface area contributed by atoms with Crippen molar-refractivity contribution in [2.75, 3.05) is 0 Å². The lowest BCUT2D eigenvalue weighted by molar-refractivity contribution is -0.139. The molecule has 2 aromatic rings. The van der Waals surface area contributed by atoms with Crippen molar-refractivity contribution in [2.45, 2.75) is 33.0 Å². The van der Waals surface area contributed by atoms with Crippen LogP contribution < -0.4 is 5.32 Å². The summed E-state index contributed by atoms with van der Waals surface area (Å²) in [5.74, 6) is -0.853. The summed E-state index contributed by atoms with van der Waals surface area (Å²) in [7, 11) is 0. The van der Waals surface area contributed by atoms with E-state index >= 15 is 0 Å². The van der Waals surface area contributed by atoms with E-state index in [9.17, 15) is 4.79 Å². The van der Waals surface area contributed by atoms with Gasteiger partial charge in [-0.25, -0.2) is 0 Å². The van der Waals surface area contributed by atoms with Crippen LogP contribution in [0.1, 0.15) is 19.5 Å². The van der Waals surface area contributed by atoms with Crippen LogP contribution in [0.4, 0.5) is 0 Å². The quantitative estimate of drug-likeness (QED) is 0.842. The summed E-state index contributed by atoms with van der Waals surface area (Å²) in [6.45, 7) is 4.92. The Morgan fingerprint density at radius 2 is 2.22 bits per heavy atom. The molecule has 0 saturated heterocycles. The highest BCUT2D eigenvalue weighted by Gasteiger charge is 2.13. The van der Waals surface area contributed by atoms with Gasteiger partial charge in [0, 0.05) is 18.5 Å². The summed E-state index contributed by atoms with van der Waals surface area (Å²) >= 11 is 0. The summed E-state index contributed by atoms with van der Waals surface area (Å²) in [5.41, 5.74) is 1.97. The number of carbonyl (C=O) groups is 1. The zero-order chi connectivity index (χ0) is 13.1. The lowest BCUT2D eigenvalue weighted by Gasteiger charge is -2.07. The van der Waals surface area contributed by atoms with Crippen LogP contribution in [-0.2, 0) is 17.9 Å². The molecule has 18 heavy (non-hydrogen) atoms. The maximum absolute atomic E-state index is 10.8. The Balaban J connectivity index is 2.25. The first kappa shape index (κ1) is 12.6. The Kier molecular flexibility index (Phi) is 3.62. The zero-order valence-corrected chi connectivity index (χ0v) is 10.6. The molecule has 0 aliphatic heterocycles. The van der Waals surface area contributed by atoms with Crippen LogP contribution in [0.5, 0.6) is 0 Å². The van der Waals surface area contributed by atoms with Crippen molar-refractivity contribution in [3.63, 3.8) is 0 Å². The molecule has 0 bridgehead atoms. The first-order chi connectivity index (χ1) is 8.63. The van der Waals surface area contributed by atoms with Gasteiger partial charge in [-0.15, -0.1) is 0 Å². The number of aryl methyl sites for hydroxylation is 1. The van der Waals surface area contributed by atoms with E-state index in [1.807, 2.05) is 35.9 Å². The Morgan fingerprint density at radius 1 is 1.50 bits per heavy atom. The van der Waals surface area contributed by atoms with Gasteiger partial charge < -0.3 is 5.11 Å². The molecule has 2 rings (SSSR count). The Morgan fingerprint density at radius 3 is 2.89 bits per heavy atom. The number of hydrogen-bond donors (Lipinski definition) is 2. The molecular weight excluding hydrogens is 230 g/mol. The maximum atomic E-state index is 10.8. The molecule has 0 saturated carbocycles. The summed E-state index contributed by atoms with van der Waals surface area (Å²) in [6.07, 6.45) is 0. The van der Waals surface area contributed by atoms with E-state index < -0.39 is 12.0 Å². The number of nitrogens with zero attached hydrogens (tertiary/aromatic N) is 2. The van der Waals surface area contributed by atoms with Crippen molar-refractivity contribution in [3.05, 3.63) is 30.0 Å². The molecule has 0 spiro atoms. The van der Waals surface area contributed by atoms with Crippen LogP contribution in [0.25, 0.3) is 10.9 Å². The second kappa shape index (κ2) is 5.18. The largest absolute Gasteiger partial charge is 0.480 e. The molecule has 1 aromatic heterocycles. The minimum absolute atomic E-state index is 0.459.